The summed E-state index contributed by atoms with van der Waals surface area (Å²) >= 11 is 6.69. The molecule has 0 saturated heterocycles. The molecule has 8 N–H and O–H groups in total. The Kier molecular flexibility index (Phi) is 7.68. The van der Waals surface area contributed by atoms with Crippen LogP contribution in [-0.2, 0) is 17.8 Å². The molecule has 0 heterocycles. The van der Waals surface area contributed by atoms with E-state index < -0.39 is 0 Å². The molecule has 3 rings (SSSR count). The number of carbonyl (C=O) groups excluding carboxylic acids is 1. The number of carbonyl (C=O) groups is 1. The van der Waals surface area contributed by atoms with Gasteiger partial charge < -0.3 is 27.2 Å². The topological polar surface area (TPSA) is 137 Å². The maximum atomic E-state index is 12.9. The fourth-order valence-corrected chi connectivity index (χ4v) is 4.05. The number of anilines is 2. The number of nitrogens with two attached hydrogens (primary N) is 2. The zero-order valence-corrected chi connectivity index (χ0v) is 20.3. The average molecular weight is 480 g/mol. The number of rotatable bonds is 8. The fraction of sp³-hybridized carbons (Fsp3) is 0.231. The molecule has 0 aliphatic rings. The molecule has 0 unspecified atom stereocenters. The van der Waals surface area contributed by atoms with E-state index in [9.17, 15) is 9.90 Å². The molecule has 0 fully saturated rings. The molecule has 34 heavy (non-hydrogen) atoms. The van der Waals surface area contributed by atoms with Crippen molar-refractivity contribution < 1.29 is 9.90 Å². The zero-order valence-electron chi connectivity index (χ0n) is 19.5. The number of hydrogen-bond donors (Lipinski definition) is 6. The van der Waals surface area contributed by atoms with Gasteiger partial charge in [0.1, 0.15) is 11.6 Å². The van der Waals surface area contributed by atoms with Crippen molar-refractivity contribution >= 4 is 34.7 Å². The van der Waals surface area contributed by atoms with E-state index in [1.807, 2.05) is 32.9 Å². The van der Waals surface area contributed by atoms with Crippen LogP contribution in [0.2, 0.25) is 5.02 Å². The second-order valence-electron chi connectivity index (χ2n) is 8.49. The van der Waals surface area contributed by atoms with Gasteiger partial charge in [0, 0.05) is 35.0 Å². The summed E-state index contributed by atoms with van der Waals surface area (Å²) in [5.41, 5.74) is 16.7. The van der Waals surface area contributed by atoms with E-state index in [4.69, 9.17) is 28.5 Å². The van der Waals surface area contributed by atoms with Crippen LogP contribution >= 0.6 is 11.6 Å². The van der Waals surface area contributed by atoms with Gasteiger partial charge >= 0.3 is 0 Å². The van der Waals surface area contributed by atoms with Crippen molar-refractivity contribution in [2.24, 2.45) is 5.73 Å². The van der Waals surface area contributed by atoms with Gasteiger partial charge in [-0.3, -0.25) is 10.2 Å². The number of benzene rings is 3. The lowest BCUT2D eigenvalue weighted by molar-refractivity contribution is -0.120. The highest BCUT2D eigenvalue weighted by molar-refractivity contribution is 6.34. The quantitative estimate of drug-likeness (QED) is 0.122. The summed E-state index contributed by atoms with van der Waals surface area (Å²) in [7, 11) is 0. The first-order valence-corrected chi connectivity index (χ1v) is 11.3. The molecular weight excluding hydrogens is 450 g/mol. The first-order chi connectivity index (χ1) is 16.1. The first kappa shape index (κ1) is 24.9. The Balaban J connectivity index is 1.94. The predicted octanol–water partition coefficient (Wildman–Crippen LogP) is 4.57. The van der Waals surface area contributed by atoms with Gasteiger partial charge in [-0.2, -0.15) is 0 Å². The van der Waals surface area contributed by atoms with Crippen molar-refractivity contribution in [1.29, 1.82) is 5.41 Å². The molecule has 178 valence electrons. The number of nitrogen functional groups attached to an aromatic ring is 2. The average Bonchev–Trinajstić information content (AvgIpc) is 2.78. The maximum Gasteiger partial charge on any atom is 0.224 e. The highest BCUT2D eigenvalue weighted by Crippen LogP contribution is 2.43. The molecule has 7 nitrogen and oxygen atoms in total. The summed E-state index contributed by atoms with van der Waals surface area (Å²) in [6.45, 7) is 6.08. The number of amidine groups is 1. The summed E-state index contributed by atoms with van der Waals surface area (Å²) in [5.74, 6) is -0.301. The van der Waals surface area contributed by atoms with Crippen molar-refractivity contribution in [3.63, 3.8) is 0 Å². The van der Waals surface area contributed by atoms with E-state index in [0.717, 1.165) is 16.7 Å². The smallest absolute Gasteiger partial charge is 0.224 e. The normalized spacial score (nSPS) is 10.9. The minimum Gasteiger partial charge on any atom is -0.505 e. The van der Waals surface area contributed by atoms with Crippen LogP contribution in [0.25, 0.3) is 11.1 Å². The van der Waals surface area contributed by atoms with Crippen LogP contribution in [-0.4, -0.2) is 22.9 Å². The second kappa shape index (κ2) is 10.5. The Bertz CT molecular complexity index is 1220. The van der Waals surface area contributed by atoms with E-state index >= 15 is 0 Å². The molecule has 0 radical (unpaired) electrons. The summed E-state index contributed by atoms with van der Waals surface area (Å²) in [5, 5.41) is 25.1. The number of halogens is 1. The Hall–Kier alpha value is -3.71. The largest absolute Gasteiger partial charge is 0.505 e. The molecule has 0 bridgehead atoms. The van der Waals surface area contributed by atoms with E-state index in [-0.39, 0.29) is 30.0 Å². The number of phenolic OH excluding ortho intramolecular Hbond substituents is 1. The predicted molar refractivity (Wildman–Crippen MR) is 139 cm³/mol. The van der Waals surface area contributed by atoms with Gasteiger partial charge in [-0.15, -0.1) is 0 Å². The molecule has 3 aromatic rings. The van der Waals surface area contributed by atoms with Gasteiger partial charge in [-0.05, 0) is 49.6 Å². The van der Waals surface area contributed by atoms with Crippen LogP contribution in [0.4, 0.5) is 11.4 Å². The molecule has 3 aromatic carbocycles. The van der Waals surface area contributed by atoms with E-state index in [2.05, 4.69) is 10.6 Å². The molecular formula is C26H30ClN5O2. The lowest BCUT2D eigenvalue weighted by Crippen LogP contribution is -2.25. The highest BCUT2D eigenvalue weighted by Gasteiger charge is 2.22. The van der Waals surface area contributed by atoms with Crippen molar-refractivity contribution in [1.82, 2.24) is 5.32 Å². The zero-order chi connectivity index (χ0) is 25.0. The Morgan fingerprint density at radius 3 is 2.47 bits per heavy atom. The summed E-state index contributed by atoms with van der Waals surface area (Å²) < 4.78 is 0. The van der Waals surface area contributed by atoms with Gasteiger partial charge in [-0.25, -0.2) is 0 Å². The van der Waals surface area contributed by atoms with E-state index in [0.29, 0.717) is 39.6 Å². The Labute approximate surface area is 204 Å². The number of hydrogen-bond acceptors (Lipinski definition) is 5. The number of nitrogens with one attached hydrogen (secondary N) is 3. The first-order valence-electron chi connectivity index (χ1n) is 10.9. The third-order valence-corrected chi connectivity index (χ3v) is 5.83. The van der Waals surface area contributed by atoms with E-state index in [1.54, 1.807) is 36.4 Å². The third kappa shape index (κ3) is 5.61. The van der Waals surface area contributed by atoms with Crippen LogP contribution in [0.15, 0.2) is 48.5 Å². The second-order valence-corrected chi connectivity index (χ2v) is 8.90. The number of amides is 1. The summed E-state index contributed by atoms with van der Waals surface area (Å²) in [4.78, 5) is 12.9. The standard InChI is InChI=1S/C26H30ClN5O2/c1-14(2)32-22-12-20(27)24(18-5-4-6-21(28)15(18)3)19(25(22)34)11-23(33)31-13-16-7-9-17(10-8-16)26(29)30/h4-10,12,14,32,34H,11,13,28H2,1-3H3,(H3,29,30)(H,31,33). The SMILES string of the molecule is Cc1c(N)cccc1-c1c(Cl)cc(NC(C)C)c(O)c1CC(=O)NCc1ccc(C(=N)N)cc1. The lowest BCUT2D eigenvalue weighted by atomic mass is 9.92. The van der Waals surface area contributed by atoms with Gasteiger partial charge in [0.2, 0.25) is 5.91 Å². The molecule has 0 aliphatic carbocycles. The molecule has 0 aliphatic heterocycles. The maximum absolute atomic E-state index is 12.9. The molecule has 1 amide bonds. The molecule has 0 spiro atoms. The van der Waals surface area contributed by atoms with Crippen molar-refractivity contribution in [2.45, 2.75) is 39.8 Å². The minimum absolute atomic E-state index is 0.0119. The third-order valence-electron chi connectivity index (χ3n) is 5.53. The van der Waals surface area contributed by atoms with Gasteiger partial charge in [0.15, 0.2) is 0 Å². The summed E-state index contributed by atoms with van der Waals surface area (Å²) in [6, 6.07) is 14.3. The number of phenols is 1. The van der Waals surface area contributed by atoms with Gasteiger partial charge in [0.25, 0.3) is 0 Å². The Morgan fingerprint density at radius 2 is 1.85 bits per heavy atom. The van der Waals surface area contributed by atoms with Crippen molar-refractivity contribution in [3.05, 3.63) is 75.8 Å². The van der Waals surface area contributed by atoms with Crippen LogP contribution in [0.3, 0.4) is 0 Å². The Morgan fingerprint density at radius 1 is 1.18 bits per heavy atom. The fourth-order valence-electron chi connectivity index (χ4n) is 3.73. The minimum atomic E-state index is -0.272. The van der Waals surface area contributed by atoms with E-state index in [1.165, 1.54) is 0 Å². The molecule has 8 heteroatoms. The molecule has 0 aromatic heterocycles. The lowest BCUT2D eigenvalue weighted by Gasteiger charge is -2.21. The van der Waals surface area contributed by atoms with Crippen LogP contribution in [0.1, 0.15) is 36.1 Å². The summed E-state index contributed by atoms with van der Waals surface area (Å²) in [6.07, 6.45) is -0.0751. The van der Waals surface area contributed by atoms with Crippen molar-refractivity contribution in [2.75, 3.05) is 11.1 Å². The van der Waals surface area contributed by atoms with Crippen LogP contribution < -0.4 is 22.1 Å². The highest BCUT2D eigenvalue weighted by atomic mass is 35.5. The van der Waals surface area contributed by atoms with Crippen molar-refractivity contribution in [3.8, 4) is 16.9 Å². The van der Waals surface area contributed by atoms with Crippen LogP contribution in [0.5, 0.6) is 5.75 Å². The van der Waals surface area contributed by atoms with Crippen LogP contribution in [0, 0.1) is 12.3 Å². The van der Waals surface area contributed by atoms with Gasteiger partial charge in [-0.1, -0.05) is 48.0 Å². The monoisotopic (exact) mass is 479 g/mol. The molecule has 0 saturated carbocycles. The molecule has 0 atom stereocenters. The number of aromatic hydroxyl groups is 1. The van der Waals surface area contributed by atoms with Gasteiger partial charge in [0.05, 0.1) is 17.1 Å².